The number of anilines is 1. The summed E-state index contributed by atoms with van der Waals surface area (Å²) in [4.78, 5) is 12.3. The van der Waals surface area contributed by atoms with Gasteiger partial charge in [0.15, 0.2) is 12.4 Å². The molecule has 0 unspecified atom stereocenters. The number of nitrogens with zero attached hydrogens (tertiary/aromatic N) is 4. The molecular weight excluding hydrogens is 366 g/mol. The van der Waals surface area contributed by atoms with Gasteiger partial charge < -0.3 is 10.1 Å². The molecule has 4 aromatic rings. The van der Waals surface area contributed by atoms with Gasteiger partial charge in [-0.25, -0.2) is 4.68 Å². The Labute approximate surface area is 167 Å². The molecule has 1 aliphatic carbocycles. The molecule has 1 saturated carbocycles. The molecule has 1 heterocycles. The molecule has 5 rings (SSSR count). The monoisotopic (exact) mass is 385 g/mol. The van der Waals surface area contributed by atoms with Crippen molar-refractivity contribution in [3.05, 3.63) is 66.7 Å². The molecule has 0 atom stereocenters. The molecule has 3 aromatic carbocycles. The van der Waals surface area contributed by atoms with E-state index in [0.717, 1.165) is 35.0 Å². The smallest absolute Gasteiger partial charge is 0.262 e. The van der Waals surface area contributed by atoms with Crippen molar-refractivity contribution in [2.24, 2.45) is 0 Å². The minimum atomic E-state index is -0.214. The molecule has 0 aliphatic heterocycles. The lowest BCUT2D eigenvalue weighted by atomic mass is 10.1. The van der Waals surface area contributed by atoms with Gasteiger partial charge >= 0.3 is 0 Å². The third-order valence-electron chi connectivity index (χ3n) is 4.92. The van der Waals surface area contributed by atoms with Crippen molar-refractivity contribution < 1.29 is 9.53 Å². The van der Waals surface area contributed by atoms with Gasteiger partial charge in [0.05, 0.1) is 6.04 Å². The molecule has 29 heavy (non-hydrogen) atoms. The van der Waals surface area contributed by atoms with Crippen LogP contribution in [0.3, 0.4) is 0 Å². The third-order valence-corrected chi connectivity index (χ3v) is 4.92. The molecule has 1 amide bonds. The maximum atomic E-state index is 12.3. The Morgan fingerprint density at radius 2 is 1.83 bits per heavy atom. The van der Waals surface area contributed by atoms with E-state index in [1.54, 1.807) is 0 Å². The van der Waals surface area contributed by atoms with Gasteiger partial charge in [-0.2, -0.15) is 0 Å². The Balaban J connectivity index is 1.23. The lowest BCUT2D eigenvalue weighted by molar-refractivity contribution is -0.118. The first-order chi connectivity index (χ1) is 14.3. The Hall–Kier alpha value is -3.74. The summed E-state index contributed by atoms with van der Waals surface area (Å²) in [6.07, 6.45) is 2.23. The fraction of sp³-hybridized carbons (Fsp3) is 0.182. The van der Waals surface area contributed by atoms with Gasteiger partial charge in [0.2, 0.25) is 0 Å². The fourth-order valence-electron chi connectivity index (χ4n) is 3.31. The highest BCUT2D eigenvalue weighted by molar-refractivity contribution is 5.93. The maximum absolute atomic E-state index is 12.3. The largest absolute Gasteiger partial charge is 0.483 e. The number of carbonyl (C=O) groups is 1. The topological polar surface area (TPSA) is 81.9 Å². The van der Waals surface area contributed by atoms with E-state index in [9.17, 15) is 4.79 Å². The van der Waals surface area contributed by atoms with Gasteiger partial charge in [0, 0.05) is 16.6 Å². The van der Waals surface area contributed by atoms with E-state index in [1.807, 2.05) is 71.4 Å². The number of tetrazole rings is 1. The lowest BCUT2D eigenvalue weighted by Gasteiger charge is -2.10. The minimum absolute atomic E-state index is 0.0598. The van der Waals surface area contributed by atoms with Crippen LogP contribution in [0.2, 0.25) is 0 Å². The van der Waals surface area contributed by atoms with E-state index >= 15 is 0 Å². The average molecular weight is 385 g/mol. The Bertz CT molecular complexity index is 1160. The van der Waals surface area contributed by atoms with Crippen molar-refractivity contribution >= 4 is 22.4 Å². The highest BCUT2D eigenvalue weighted by Crippen LogP contribution is 2.36. The Morgan fingerprint density at radius 1 is 1.03 bits per heavy atom. The van der Waals surface area contributed by atoms with Gasteiger partial charge in [0.25, 0.3) is 5.91 Å². The van der Waals surface area contributed by atoms with Crippen molar-refractivity contribution in [2.75, 3.05) is 11.9 Å². The lowest BCUT2D eigenvalue weighted by Crippen LogP contribution is -2.20. The normalized spacial score (nSPS) is 13.4. The number of rotatable bonds is 6. The summed E-state index contributed by atoms with van der Waals surface area (Å²) in [6, 6.07) is 21.7. The molecule has 1 fully saturated rings. The first kappa shape index (κ1) is 17.4. The molecule has 7 heteroatoms. The number of fused-ring (bicyclic) bond motifs is 1. The van der Waals surface area contributed by atoms with Crippen molar-refractivity contribution in [3.8, 4) is 17.1 Å². The van der Waals surface area contributed by atoms with E-state index < -0.39 is 0 Å². The van der Waals surface area contributed by atoms with E-state index in [0.29, 0.717) is 17.5 Å². The predicted molar refractivity (Wildman–Crippen MR) is 110 cm³/mol. The fourth-order valence-corrected chi connectivity index (χ4v) is 3.31. The van der Waals surface area contributed by atoms with Crippen LogP contribution >= 0.6 is 0 Å². The molecule has 1 aromatic heterocycles. The van der Waals surface area contributed by atoms with Gasteiger partial charge in [-0.3, -0.25) is 4.79 Å². The second-order valence-corrected chi connectivity index (χ2v) is 7.07. The Kier molecular flexibility index (Phi) is 4.40. The van der Waals surface area contributed by atoms with Crippen LogP contribution in [0.15, 0.2) is 66.7 Å². The quantitative estimate of drug-likeness (QED) is 0.545. The van der Waals surface area contributed by atoms with E-state index in [1.165, 1.54) is 0 Å². The van der Waals surface area contributed by atoms with Crippen molar-refractivity contribution in [1.29, 1.82) is 0 Å². The summed E-state index contributed by atoms with van der Waals surface area (Å²) in [5.41, 5.74) is 1.62. The summed E-state index contributed by atoms with van der Waals surface area (Å²) in [7, 11) is 0. The minimum Gasteiger partial charge on any atom is -0.483 e. The van der Waals surface area contributed by atoms with Crippen LogP contribution in [-0.4, -0.2) is 32.7 Å². The van der Waals surface area contributed by atoms with Crippen molar-refractivity contribution in [2.45, 2.75) is 18.9 Å². The number of nitrogens with one attached hydrogen (secondary N) is 1. The first-order valence-electron chi connectivity index (χ1n) is 9.57. The molecule has 0 spiro atoms. The summed E-state index contributed by atoms with van der Waals surface area (Å²) >= 11 is 0. The van der Waals surface area contributed by atoms with E-state index in [2.05, 4.69) is 20.8 Å². The van der Waals surface area contributed by atoms with Crippen LogP contribution in [0.1, 0.15) is 18.9 Å². The number of carbonyl (C=O) groups excluding carboxylic acids is 1. The number of ether oxygens (including phenoxy) is 1. The molecule has 7 nitrogen and oxygen atoms in total. The van der Waals surface area contributed by atoms with Crippen LogP contribution in [-0.2, 0) is 4.79 Å². The second-order valence-electron chi connectivity index (χ2n) is 7.07. The number of hydrogen-bond acceptors (Lipinski definition) is 5. The molecule has 0 radical (unpaired) electrons. The van der Waals surface area contributed by atoms with Crippen LogP contribution in [0.5, 0.6) is 5.75 Å². The highest BCUT2D eigenvalue weighted by Gasteiger charge is 2.28. The van der Waals surface area contributed by atoms with Crippen LogP contribution in [0.4, 0.5) is 5.69 Å². The van der Waals surface area contributed by atoms with Crippen molar-refractivity contribution in [3.63, 3.8) is 0 Å². The van der Waals surface area contributed by atoms with Gasteiger partial charge in [-0.1, -0.05) is 36.4 Å². The zero-order valence-corrected chi connectivity index (χ0v) is 15.7. The zero-order valence-electron chi connectivity index (χ0n) is 15.7. The second kappa shape index (κ2) is 7.35. The highest BCUT2D eigenvalue weighted by atomic mass is 16.5. The number of benzene rings is 3. The number of amides is 1. The summed E-state index contributed by atoms with van der Waals surface area (Å²) < 4.78 is 7.61. The van der Waals surface area contributed by atoms with Gasteiger partial charge in [-0.05, 0) is 59.0 Å². The molecular formula is C22H19N5O2. The maximum Gasteiger partial charge on any atom is 0.262 e. The first-order valence-corrected chi connectivity index (χ1v) is 9.57. The number of hydrogen-bond donors (Lipinski definition) is 1. The molecule has 0 bridgehead atoms. The molecule has 144 valence electrons. The predicted octanol–water partition coefficient (Wildman–Crippen LogP) is 3.85. The van der Waals surface area contributed by atoms with Crippen molar-refractivity contribution in [1.82, 2.24) is 20.2 Å². The molecule has 0 saturated heterocycles. The molecule has 1 N–H and O–H groups in total. The summed E-state index contributed by atoms with van der Waals surface area (Å²) in [5.74, 6) is 1.23. The number of aromatic nitrogens is 4. The van der Waals surface area contributed by atoms with E-state index in [-0.39, 0.29) is 12.5 Å². The molecule has 1 aliphatic rings. The van der Waals surface area contributed by atoms with Crippen LogP contribution in [0.25, 0.3) is 22.2 Å². The van der Waals surface area contributed by atoms with E-state index in [4.69, 9.17) is 4.74 Å². The van der Waals surface area contributed by atoms with Crippen LogP contribution < -0.4 is 10.1 Å². The van der Waals surface area contributed by atoms with Crippen LogP contribution in [0, 0.1) is 0 Å². The zero-order chi connectivity index (χ0) is 19.6. The SMILES string of the molecule is O=C(COc1cccc2ccccc12)Nc1ccc(-c2nnnn2C2CC2)cc1. The third kappa shape index (κ3) is 3.67. The Morgan fingerprint density at radius 3 is 2.66 bits per heavy atom. The summed E-state index contributed by atoms with van der Waals surface area (Å²) in [6.45, 7) is -0.0598. The van der Waals surface area contributed by atoms with Gasteiger partial charge in [-0.15, -0.1) is 5.10 Å². The summed E-state index contributed by atoms with van der Waals surface area (Å²) in [5, 5.41) is 16.9. The average Bonchev–Trinajstić information content (AvgIpc) is 3.49. The van der Waals surface area contributed by atoms with Gasteiger partial charge in [0.1, 0.15) is 5.75 Å². The standard InChI is InChI=1S/C22H19N5O2/c28-21(14-29-20-7-3-5-15-4-1-2-6-19(15)20)23-17-10-8-16(9-11-17)22-24-25-26-27(22)18-12-13-18/h1-11,18H,12-14H2,(H,23,28).